The number of halogens is 1. The Bertz CT molecular complexity index is 1090. The third-order valence-electron chi connectivity index (χ3n) is 5.33. The van der Waals surface area contributed by atoms with Gasteiger partial charge in [-0.2, -0.15) is 0 Å². The molecular weight excluding hydrogens is 434 g/mol. The van der Waals surface area contributed by atoms with Crippen LogP contribution in [0.4, 0.5) is 5.00 Å². The molecule has 1 amide bonds. The maximum absolute atomic E-state index is 12.9. The highest BCUT2D eigenvalue weighted by atomic mass is 35.5. The lowest BCUT2D eigenvalue weighted by molar-refractivity contribution is -0.117. The van der Waals surface area contributed by atoms with Gasteiger partial charge in [0.05, 0.1) is 13.7 Å². The maximum Gasteiger partial charge on any atom is 0.341 e. The van der Waals surface area contributed by atoms with Gasteiger partial charge in [0.2, 0.25) is 5.91 Å². The first-order valence-electron chi connectivity index (χ1n) is 10.0. The van der Waals surface area contributed by atoms with Gasteiger partial charge in [-0.05, 0) is 54.7 Å². The molecule has 7 heteroatoms. The molecule has 2 unspecified atom stereocenters. The van der Waals surface area contributed by atoms with Crippen LogP contribution in [0, 0.1) is 5.92 Å². The third kappa shape index (κ3) is 4.60. The predicted octanol–water partition coefficient (Wildman–Crippen LogP) is 6.00. The molecule has 2 aromatic carbocycles. The van der Waals surface area contributed by atoms with Crippen molar-refractivity contribution < 1.29 is 19.1 Å². The minimum atomic E-state index is -0.452. The molecule has 1 saturated carbocycles. The molecule has 1 fully saturated rings. The number of ether oxygens (including phenoxy) is 2. The largest absolute Gasteiger partial charge is 0.497 e. The topological polar surface area (TPSA) is 64.6 Å². The molecule has 2 atom stereocenters. The lowest BCUT2D eigenvalue weighted by atomic mass is 10.0. The zero-order chi connectivity index (χ0) is 22.0. The Morgan fingerprint density at radius 2 is 1.84 bits per heavy atom. The number of hydrogen-bond acceptors (Lipinski definition) is 5. The Hall–Kier alpha value is -2.83. The average molecular weight is 456 g/mol. The van der Waals surface area contributed by atoms with E-state index in [2.05, 4.69) is 5.32 Å². The zero-order valence-corrected chi connectivity index (χ0v) is 18.8. The molecule has 0 radical (unpaired) electrons. The third-order valence-corrected chi connectivity index (χ3v) is 6.48. The van der Waals surface area contributed by atoms with Gasteiger partial charge < -0.3 is 14.8 Å². The summed E-state index contributed by atoms with van der Waals surface area (Å²) in [5.74, 6) is 0.303. The van der Waals surface area contributed by atoms with Crippen LogP contribution in [-0.2, 0) is 9.53 Å². The highest BCUT2D eigenvalue weighted by molar-refractivity contribution is 7.15. The number of rotatable bonds is 7. The van der Waals surface area contributed by atoms with Crippen molar-refractivity contribution in [3.05, 3.63) is 70.1 Å². The van der Waals surface area contributed by atoms with Gasteiger partial charge in [0.15, 0.2) is 0 Å². The highest BCUT2D eigenvalue weighted by Crippen LogP contribution is 2.49. The smallest absolute Gasteiger partial charge is 0.341 e. The maximum atomic E-state index is 12.9. The molecule has 0 aliphatic heterocycles. The second kappa shape index (κ2) is 9.12. The van der Waals surface area contributed by atoms with Crippen LogP contribution in [0.2, 0.25) is 5.02 Å². The molecule has 5 nitrogen and oxygen atoms in total. The number of carbonyl (C=O) groups is 2. The van der Waals surface area contributed by atoms with E-state index in [4.69, 9.17) is 21.1 Å². The quantitative estimate of drug-likeness (QED) is 0.444. The van der Waals surface area contributed by atoms with Crippen molar-refractivity contribution >= 4 is 39.8 Å². The molecule has 1 aliphatic rings. The molecule has 1 aromatic heterocycles. The Labute approximate surface area is 190 Å². The number of amides is 1. The van der Waals surface area contributed by atoms with Crippen LogP contribution in [0.25, 0.3) is 11.1 Å². The summed E-state index contributed by atoms with van der Waals surface area (Å²) in [5.41, 5.74) is 3.05. The second-order valence-electron chi connectivity index (χ2n) is 7.29. The monoisotopic (exact) mass is 455 g/mol. The summed E-state index contributed by atoms with van der Waals surface area (Å²) in [7, 11) is 1.63. The lowest BCUT2D eigenvalue weighted by Crippen LogP contribution is -2.16. The van der Waals surface area contributed by atoms with E-state index in [9.17, 15) is 9.59 Å². The van der Waals surface area contributed by atoms with Crippen molar-refractivity contribution in [2.24, 2.45) is 5.92 Å². The number of esters is 1. The predicted molar refractivity (Wildman–Crippen MR) is 123 cm³/mol. The van der Waals surface area contributed by atoms with E-state index < -0.39 is 5.97 Å². The van der Waals surface area contributed by atoms with Gasteiger partial charge in [-0.15, -0.1) is 11.3 Å². The number of hydrogen-bond donors (Lipinski definition) is 1. The SMILES string of the molecule is CCOC(=O)c1c(-c2ccc(Cl)cc2)csc1NC(=O)C1CC1c1ccc(OC)cc1. The fourth-order valence-corrected chi connectivity index (χ4v) is 4.69. The summed E-state index contributed by atoms with van der Waals surface area (Å²) in [4.78, 5) is 25.6. The van der Waals surface area contributed by atoms with Gasteiger partial charge in [-0.3, -0.25) is 4.79 Å². The molecule has 1 aliphatic carbocycles. The van der Waals surface area contributed by atoms with Crippen molar-refractivity contribution in [2.75, 3.05) is 19.0 Å². The van der Waals surface area contributed by atoms with Crippen molar-refractivity contribution in [3.63, 3.8) is 0 Å². The van der Waals surface area contributed by atoms with Crippen molar-refractivity contribution in [1.29, 1.82) is 0 Å². The average Bonchev–Trinajstić information content (AvgIpc) is 3.48. The van der Waals surface area contributed by atoms with E-state index in [1.807, 2.05) is 41.8 Å². The van der Waals surface area contributed by atoms with Gasteiger partial charge in [0, 0.05) is 21.9 Å². The van der Waals surface area contributed by atoms with E-state index >= 15 is 0 Å². The highest BCUT2D eigenvalue weighted by Gasteiger charge is 2.44. The summed E-state index contributed by atoms with van der Waals surface area (Å²) in [6, 6.07) is 15.0. The molecular formula is C24H22ClNO4S. The number of anilines is 1. The van der Waals surface area contributed by atoms with E-state index in [0.717, 1.165) is 28.9 Å². The first-order valence-corrected chi connectivity index (χ1v) is 11.3. The zero-order valence-electron chi connectivity index (χ0n) is 17.2. The van der Waals surface area contributed by atoms with Crippen LogP contribution in [0.1, 0.15) is 35.2 Å². The second-order valence-corrected chi connectivity index (χ2v) is 8.61. The minimum absolute atomic E-state index is 0.0872. The van der Waals surface area contributed by atoms with Crippen molar-refractivity contribution in [3.8, 4) is 16.9 Å². The Morgan fingerprint density at radius 3 is 2.48 bits per heavy atom. The van der Waals surface area contributed by atoms with Gasteiger partial charge in [0.1, 0.15) is 16.3 Å². The summed E-state index contributed by atoms with van der Waals surface area (Å²) < 4.78 is 10.5. The molecule has 1 N–H and O–H groups in total. The van der Waals surface area contributed by atoms with Crippen molar-refractivity contribution in [2.45, 2.75) is 19.3 Å². The number of thiophene rings is 1. The van der Waals surface area contributed by atoms with E-state index in [0.29, 0.717) is 15.6 Å². The van der Waals surface area contributed by atoms with Crippen LogP contribution in [0.3, 0.4) is 0 Å². The molecule has 160 valence electrons. The minimum Gasteiger partial charge on any atom is -0.497 e. The molecule has 4 rings (SSSR count). The Morgan fingerprint density at radius 1 is 1.13 bits per heavy atom. The molecule has 3 aromatic rings. The first-order chi connectivity index (χ1) is 15.0. The van der Waals surface area contributed by atoms with E-state index in [-0.39, 0.29) is 24.3 Å². The normalized spacial score (nSPS) is 17.1. The Kier molecular flexibility index (Phi) is 6.30. The standard InChI is InChI=1S/C24H22ClNO4S/c1-3-30-24(28)21-20(15-4-8-16(25)9-5-15)13-31-23(21)26-22(27)19-12-18(19)14-6-10-17(29-2)11-7-14/h4-11,13,18-19H,3,12H2,1-2H3,(H,26,27). The number of benzene rings is 2. The number of carbonyl (C=O) groups excluding carboxylic acids is 2. The van der Waals surface area contributed by atoms with Crippen LogP contribution in [-0.4, -0.2) is 25.6 Å². The van der Waals surface area contributed by atoms with Crippen LogP contribution < -0.4 is 10.1 Å². The lowest BCUT2D eigenvalue weighted by Gasteiger charge is -2.09. The van der Waals surface area contributed by atoms with Crippen molar-refractivity contribution in [1.82, 2.24) is 0 Å². The van der Waals surface area contributed by atoms with Gasteiger partial charge >= 0.3 is 5.97 Å². The molecule has 0 bridgehead atoms. The van der Waals surface area contributed by atoms with Crippen LogP contribution >= 0.6 is 22.9 Å². The Balaban J connectivity index is 1.54. The van der Waals surface area contributed by atoms with Gasteiger partial charge in [-0.1, -0.05) is 35.9 Å². The molecule has 0 spiro atoms. The number of methoxy groups -OCH3 is 1. The first kappa shape index (κ1) is 21.4. The fraction of sp³-hybridized carbons (Fsp3) is 0.250. The summed E-state index contributed by atoms with van der Waals surface area (Å²) in [6.07, 6.45) is 0.780. The summed E-state index contributed by atoms with van der Waals surface area (Å²) in [5, 5.41) is 5.95. The summed E-state index contributed by atoms with van der Waals surface area (Å²) >= 11 is 7.32. The van der Waals surface area contributed by atoms with Crippen LogP contribution in [0.5, 0.6) is 5.75 Å². The van der Waals surface area contributed by atoms with E-state index in [1.54, 1.807) is 26.2 Å². The fourth-order valence-electron chi connectivity index (χ4n) is 3.61. The molecule has 1 heterocycles. The molecule has 31 heavy (non-hydrogen) atoms. The number of nitrogens with one attached hydrogen (secondary N) is 1. The van der Waals surface area contributed by atoms with Gasteiger partial charge in [0.25, 0.3) is 0 Å². The van der Waals surface area contributed by atoms with E-state index in [1.165, 1.54) is 11.3 Å². The summed E-state index contributed by atoms with van der Waals surface area (Å²) in [6.45, 7) is 2.01. The van der Waals surface area contributed by atoms with Gasteiger partial charge in [-0.25, -0.2) is 4.79 Å². The molecule has 0 saturated heterocycles. The van der Waals surface area contributed by atoms with Crippen LogP contribution in [0.15, 0.2) is 53.9 Å².